The Morgan fingerprint density at radius 3 is 2.31 bits per heavy atom. The van der Waals surface area contributed by atoms with Crippen LogP contribution in [0, 0.1) is 20.8 Å². The number of hydrogen-bond acceptors (Lipinski definition) is 3. The summed E-state index contributed by atoms with van der Waals surface area (Å²) in [5.74, 6) is 1.38. The standard InChI is InChI=1S/C30H27N3O2/c1-20-11-12-23(18-22(20)3)29-27(33-17-7-8-21(2)30(33)32-29)19-28(34)31-24-13-15-26(16-14-24)35-25-9-5-4-6-10-25/h4-18H,19H2,1-3H3,(H,31,34). The maximum atomic E-state index is 13.1. The van der Waals surface area contributed by atoms with Gasteiger partial charge in [-0.25, -0.2) is 4.98 Å². The molecule has 0 radical (unpaired) electrons. The maximum Gasteiger partial charge on any atom is 0.230 e. The molecule has 0 aliphatic carbocycles. The van der Waals surface area contributed by atoms with E-state index >= 15 is 0 Å². The molecule has 5 aromatic rings. The molecule has 5 rings (SSSR count). The van der Waals surface area contributed by atoms with Gasteiger partial charge in [0.15, 0.2) is 0 Å². The number of ether oxygens (including phenoxy) is 1. The Hall–Kier alpha value is -4.38. The quantitative estimate of drug-likeness (QED) is 0.299. The Morgan fingerprint density at radius 1 is 0.829 bits per heavy atom. The molecule has 3 aromatic carbocycles. The van der Waals surface area contributed by atoms with E-state index in [9.17, 15) is 4.79 Å². The van der Waals surface area contributed by atoms with Crippen LogP contribution in [-0.4, -0.2) is 15.3 Å². The van der Waals surface area contributed by atoms with Crippen LogP contribution in [0.2, 0.25) is 0 Å². The lowest BCUT2D eigenvalue weighted by atomic mass is 10.0. The van der Waals surface area contributed by atoms with Crippen molar-refractivity contribution in [1.29, 1.82) is 0 Å². The zero-order valence-corrected chi connectivity index (χ0v) is 20.1. The molecule has 0 aliphatic rings. The van der Waals surface area contributed by atoms with Crippen LogP contribution in [-0.2, 0) is 11.2 Å². The number of hydrogen-bond donors (Lipinski definition) is 1. The summed E-state index contributed by atoms with van der Waals surface area (Å²) in [6.45, 7) is 6.23. The summed E-state index contributed by atoms with van der Waals surface area (Å²) in [6.07, 6.45) is 2.17. The Kier molecular flexibility index (Phi) is 6.06. The number of amides is 1. The molecule has 0 bridgehead atoms. The number of aromatic nitrogens is 2. The first-order valence-corrected chi connectivity index (χ1v) is 11.6. The Labute approximate surface area is 205 Å². The van der Waals surface area contributed by atoms with Crippen LogP contribution in [0.5, 0.6) is 11.5 Å². The van der Waals surface area contributed by atoms with Gasteiger partial charge in [0.2, 0.25) is 5.91 Å². The predicted molar refractivity (Wildman–Crippen MR) is 140 cm³/mol. The van der Waals surface area contributed by atoms with Crippen LogP contribution in [0.4, 0.5) is 5.69 Å². The highest BCUT2D eigenvalue weighted by atomic mass is 16.5. The fraction of sp³-hybridized carbons (Fsp3) is 0.133. The van der Waals surface area contributed by atoms with Crippen molar-refractivity contribution in [3.05, 3.63) is 114 Å². The van der Waals surface area contributed by atoms with Crippen LogP contribution >= 0.6 is 0 Å². The lowest BCUT2D eigenvalue weighted by Crippen LogP contribution is -2.16. The highest BCUT2D eigenvalue weighted by Gasteiger charge is 2.18. The second kappa shape index (κ2) is 9.47. The lowest BCUT2D eigenvalue weighted by Gasteiger charge is -2.10. The van der Waals surface area contributed by atoms with Gasteiger partial charge in [-0.2, -0.15) is 0 Å². The number of aryl methyl sites for hydroxylation is 3. The number of para-hydroxylation sites is 1. The summed E-state index contributed by atoms with van der Waals surface area (Å²) in [7, 11) is 0. The zero-order chi connectivity index (χ0) is 24.4. The topological polar surface area (TPSA) is 55.6 Å². The van der Waals surface area contributed by atoms with E-state index < -0.39 is 0 Å². The van der Waals surface area contributed by atoms with Crippen LogP contribution in [0.3, 0.4) is 0 Å². The summed E-state index contributed by atoms with van der Waals surface area (Å²) >= 11 is 0. The molecule has 2 heterocycles. The molecule has 35 heavy (non-hydrogen) atoms. The van der Waals surface area contributed by atoms with Crippen LogP contribution in [0.25, 0.3) is 16.9 Å². The molecule has 1 N–H and O–H groups in total. The second-order valence-corrected chi connectivity index (χ2v) is 8.76. The molecule has 0 aliphatic heterocycles. The van der Waals surface area contributed by atoms with Gasteiger partial charge in [-0.15, -0.1) is 0 Å². The SMILES string of the molecule is Cc1ccc(-c2nc3c(C)cccn3c2CC(=O)Nc2ccc(Oc3ccccc3)cc2)cc1C. The number of anilines is 1. The summed E-state index contributed by atoms with van der Waals surface area (Å²) in [5, 5.41) is 3.01. The Morgan fingerprint density at radius 2 is 1.57 bits per heavy atom. The minimum atomic E-state index is -0.102. The summed E-state index contributed by atoms with van der Waals surface area (Å²) < 4.78 is 7.87. The van der Waals surface area contributed by atoms with Crippen molar-refractivity contribution in [3.8, 4) is 22.8 Å². The highest BCUT2D eigenvalue weighted by Crippen LogP contribution is 2.28. The first-order chi connectivity index (χ1) is 17.0. The minimum Gasteiger partial charge on any atom is -0.457 e. The summed E-state index contributed by atoms with van der Waals surface area (Å²) in [6, 6.07) is 27.3. The molecule has 0 fully saturated rings. The normalized spacial score (nSPS) is 10.9. The molecular formula is C30H27N3O2. The molecule has 2 aromatic heterocycles. The number of fused-ring (bicyclic) bond motifs is 1. The van der Waals surface area contributed by atoms with Gasteiger partial charge in [0.25, 0.3) is 0 Å². The number of carbonyl (C=O) groups is 1. The van der Waals surface area contributed by atoms with E-state index in [0.29, 0.717) is 11.4 Å². The number of carbonyl (C=O) groups excluding carboxylic acids is 1. The van der Waals surface area contributed by atoms with Crippen molar-refractivity contribution in [2.45, 2.75) is 27.2 Å². The second-order valence-electron chi connectivity index (χ2n) is 8.76. The van der Waals surface area contributed by atoms with Crippen LogP contribution in [0.15, 0.2) is 91.1 Å². The van der Waals surface area contributed by atoms with Gasteiger partial charge >= 0.3 is 0 Å². The minimum absolute atomic E-state index is 0.102. The van der Waals surface area contributed by atoms with Crippen molar-refractivity contribution >= 4 is 17.2 Å². The number of rotatable bonds is 6. The first-order valence-electron chi connectivity index (χ1n) is 11.6. The predicted octanol–water partition coefficient (Wildman–Crippen LogP) is 6.90. The van der Waals surface area contributed by atoms with Crippen LogP contribution < -0.4 is 10.1 Å². The first kappa shape index (κ1) is 22.4. The van der Waals surface area contributed by atoms with Gasteiger partial charge in [0.05, 0.1) is 17.8 Å². The average molecular weight is 462 g/mol. The fourth-order valence-electron chi connectivity index (χ4n) is 4.13. The van der Waals surface area contributed by atoms with Crippen molar-refractivity contribution < 1.29 is 9.53 Å². The third-order valence-corrected chi connectivity index (χ3v) is 6.17. The van der Waals surface area contributed by atoms with E-state index in [4.69, 9.17) is 9.72 Å². The van der Waals surface area contributed by atoms with Crippen LogP contribution in [0.1, 0.15) is 22.4 Å². The van der Waals surface area contributed by atoms with Gasteiger partial charge in [0, 0.05) is 17.4 Å². The van der Waals surface area contributed by atoms with E-state index in [1.54, 1.807) is 0 Å². The Balaban J connectivity index is 1.39. The molecule has 0 saturated heterocycles. The summed E-state index contributed by atoms with van der Waals surface area (Å²) in [4.78, 5) is 18.0. The van der Waals surface area contributed by atoms with E-state index in [1.807, 2.05) is 84.3 Å². The lowest BCUT2D eigenvalue weighted by molar-refractivity contribution is -0.115. The highest BCUT2D eigenvalue weighted by molar-refractivity contribution is 5.93. The zero-order valence-electron chi connectivity index (χ0n) is 20.1. The monoisotopic (exact) mass is 461 g/mol. The smallest absolute Gasteiger partial charge is 0.230 e. The number of pyridine rings is 1. The van der Waals surface area contributed by atoms with Gasteiger partial charge in [-0.05, 0) is 86.0 Å². The maximum absolute atomic E-state index is 13.1. The van der Waals surface area contributed by atoms with Crippen molar-refractivity contribution in [2.75, 3.05) is 5.32 Å². The molecule has 0 saturated carbocycles. The number of benzene rings is 3. The van der Waals surface area contributed by atoms with Crippen molar-refractivity contribution in [3.63, 3.8) is 0 Å². The van der Waals surface area contributed by atoms with Crippen molar-refractivity contribution in [2.24, 2.45) is 0 Å². The molecule has 0 unspecified atom stereocenters. The van der Waals surface area contributed by atoms with Gasteiger partial charge < -0.3 is 14.5 Å². The molecule has 5 heteroatoms. The molecule has 0 atom stereocenters. The van der Waals surface area contributed by atoms with Gasteiger partial charge in [0.1, 0.15) is 17.1 Å². The van der Waals surface area contributed by atoms with Crippen molar-refractivity contribution in [1.82, 2.24) is 9.38 Å². The number of nitrogens with one attached hydrogen (secondary N) is 1. The summed E-state index contributed by atoms with van der Waals surface area (Å²) in [5.41, 5.74) is 7.80. The molecule has 1 amide bonds. The van der Waals surface area contributed by atoms with E-state index in [-0.39, 0.29) is 12.3 Å². The molecular weight excluding hydrogens is 434 g/mol. The molecule has 5 nitrogen and oxygen atoms in total. The van der Waals surface area contributed by atoms with E-state index in [1.165, 1.54) is 11.1 Å². The third-order valence-electron chi connectivity index (χ3n) is 6.17. The third kappa shape index (κ3) is 4.80. The van der Waals surface area contributed by atoms with E-state index in [0.717, 1.165) is 33.9 Å². The van der Waals surface area contributed by atoms with Gasteiger partial charge in [-0.1, -0.05) is 36.4 Å². The largest absolute Gasteiger partial charge is 0.457 e. The number of nitrogens with zero attached hydrogens (tertiary/aromatic N) is 2. The number of imidazole rings is 1. The molecule has 0 spiro atoms. The van der Waals surface area contributed by atoms with E-state index in [2.05, 4.69) is 37.4 Å². The molecule has 174 valence electrons. The van der Waals surface area contributed by atoms with Gasteiger partial charge in [-0.3, -0.25) is 4.79 Å². The average Bonchev–Trinajstić information content (AvgIpc) is 3.22. The fourth-order valence-corrected chi connectivity index (χ4v) is 4.13. The Bertz CT molecular complexity index is 1500.